The second-order valence-electron chi connectivity index (χ2n) is 15.3. The third-order valence-electron chi connectivity index (χ3n) is 12.4. The number of para-hydroxylation sites is 5. The smallest absolute Gasteiger partial charge is 0.162 e. The van der Waals surface area contributed by atoms with E-state index in [1.807, 2.05) is 24.3 Å². The van der Waals surface area contributed by atoms with Crippen molar-refractivity contribution in [3.63, 3.8) is 0 Å². The van der Waals surface area contributed by atoms with Crippen LogP contribution in [-0.2, 0) is 5.41 Å². The molecule has 0 fully saturated rings. The van der Waals surface area contributed by atoms with Gasteiger partial charge in [-0.3, -0.25) is 4.57 Å². The molecule has 2 aliphatic heterocycles. The highest BCUT2D eigenvalue weighted by molar-refractivity contribution is 6.14. The third kappa shape index (κ3) is 4.04. The van der Waals surface area contributed by atoms with Crippen LogP contribution in [0.5, 0.6) is 11.5 Å². The first kappa shape index (κ1) is 31.4. The highest BCUT2D eigenvalue weighted by atomic mass is 16.5. The Balaban J connectivity index is 1.20. The SMILES string of the molecule is c1ccc(-c2cc(-n3c4ccccc4c4ccc5c(c43)Oc3ccccc3C53c4ccccc4-n4c5ccccc5c5cccc3c54)nc(-c3ccccc3)n2)cc1. The average molecular weight is 741 g/mol. The molecule has 1 atom stereocenters. The maximum Gasteiger partial charge on any atom is 0.162 e. The van der Waals surface area contributed by atoms with Crippen LogP contribution >= 0.6 is 0 Å². The van der Waals surface area contributed by atoms with Crippen molar-refractivity contribution in [2.24, 2.45) is 0 Å². The van der Waals surface area contributed by atoms with Crippen molar-refractivity contribution in [2.45, 2.75) is 5.41 Å². The fourth-order valence-electron chi connectivity index (χ4n) is 10.1. The summed E-state index contributed by atoms with van der Waals surface area (Å²) >= 11 is 0. The molecular weight excluding hydrogens is 709 g/mol. The highest BCUT2D eigenvalue weighted by Gasteiger charge is 2.51. The van der Waals surface area contributed by atoms with Gasteiger partial charge in [-0.05, 0) is 35.4 Å². The molecule has 0 saturated heterocycles. The zero-order valence-corrected chi connectivity index (χ0v) is 31.2. The molecule has 5 heteroatoms. The van der Waals surface area contributed by atoms with Crippen LogP contribution in [0.25, 0.3) is 77.8 Å². The highest BCUT2D eigenvalue weighted by Crippen LogP contribution is 2.61. The van der Waals surface area contributed by atoms with Crippen LogP contribution in [-0.4, -0.2) is 19.1 Å². The molecule has 5 nitrogen and oxygen atoms in total. The van der Waals surface area contributed by atoms with E-state index in [4.69, 9.17) is 14.7 Å². The summed E-state index contributed by atoms with van der Waals surface area (Å²) in [5, 5.41) is 4.71. The van der Waals surface area contributed by atoms with Gasteiger partial charge in [-0.2, -0.15) is 0 Å². The topological polar surface area (TPSA) is 44.9 Å². The van der Waals surface area contributed by atoms with Crippen molar-refractivity contribution >= 4 is 43.6 Å². The summed E-state index contributed by atoms with van der Waals surface area (Å²) in [7, 11) is 0. The summed E-state index contributed by atoms with van der Waals surface area (Å²) in [6, 6.07) is 69.2. The molecule has 13 rings (SSSR count). The van der Waals surface area contributed by atoms with Crippen LogP contribution in [0.3, 0.4) is 0 Å². The van der Waals surface area contributed by atoms with E-state index in [1.54, 1.807) is 0 Å². The zero-order valence-electron chi connectivity index (χ0n) is 31.2. The zero-order chi connectivity index (χ0) is 38.0. The Labute approximate surface area is 333 Å². The van der Waals surface area contributed by atoms with Gasteiger partial charge in [0.15, 0.2) is 11.6 Å². The molecule has 1 spiro atoms. The van der Waals surface area contributed by atoms with Gasteiger partial charge >= 0.3 is 0 Å². The summed E-state index contributed by atoms with van der Waals surface area (Å²) in [6.45, 7) is 0. The monoisotopic (exact) mass is 740 g/mol. The molecule has 0 amide bonds. The van der Waals surface area contributed by atoms with Gasteiger partial charge in [0.25, 0.3) is 0 Å². The molecule has 8 aromatic carbocycles. The summed E-state index contributed by atoms with van der Waals surface area (Å²) in [5.41, 5.74) is 12.4. The Hall–Kier alpha value is -7.76. The van der Waals surface area contributed by atoms with E-state index < -0.39 is 5.41 Å². The van der Waals surface area contributed by atoms with Crippen molar-refractivity contribution in [1.29, 1.82) is 0 Å². The Morgan fingerprint density at radius 1 is 0.414 bits per heavy atom. The van der Waals surface area contributed by atoms with Crippen LogP contribution in [0.4, 0.5) is 0 Å². The lowest BCUT2D eigenvalue weighted by atomic mass is 9.61. The molecule has 0 bridgehead atoms. The van der Waals surface area contributed by atoms with Crippen molar-refractivity contribution in [3.05, 3.63) is 216 Å². The number of hydrogen-bond donors (Lipinski definition) is 0. The van der Waals surface area contributed by atoms with Crippen molar-refractivity contribution in [2.75, 3.05) is 0 Å². The van der Waals surface area contributed by atoms with E-state index in [9.17, 15) is 0 Å². The Morgan fingerprint density at radius 2 is 1.02 bits per heavy atom. The summed E-state index contributed by atoms with van der Waals surface area (Å²) in [5.74, 6) is 3.10. The van der Waals surface area contributed by atoms with Crippen LogP contribution in [0.15, 0.2) is 194 Å². The second-order valence-corrected chi connectivity index (χ2v) is 15.3. The molecule has 11 aromatic rings. The number of aromatic nitrogens is 4. The molecule has 3 aromatic heterocycles. The summed E-state index contributed by atoms with van der Waals surface area (Å²) in [4.78, 5) is 10.5. The van der Waals surface area contributed by atoms with Crippen LogP contribution in [0.2, 0.25) is 0 Å². The van der Waals surface area contributed by atoms with Gasteiger partial charge in [0.2, 0.25) is 0 Å². The first-order valence-corrected chi connectivity index (χ1v) is 19.8. The van der Waals surface area contributed by atoms with Crippen molar-refractivity contribution < 1.29 is 4.74 Å². The van der Waals surface area contributed by atoms with Gasteiger partial charge in [0.05, 0.1) is 38.9 Å². The Bertz CT molecular complexity index is 3430. The maximum absolute atomic E-state index is 7.33. The number of rotatable bonds is 3. The largest absolute Gasteiger partial charge is 0.454 e. The van der Waals surface area contributed by atoms with E-state index in [-0.39, 0.29) is 0 Å². The minimum atomic E-state index is -0.698. The average Bonchev–Trinajstić information content (AvgIpc) is 3.82. The van der Waals surface area contributed by atoms with Gasteiger partial charge in [0.1, 0.15) is 11.6 Å². The minimum absolute atomic E-state index is 0.663. The molecule has 2 aliphatic rings. The molecule has 270 valence electrons. The van der Waals surface area contributed by atoms with Crippen molar-refractivity contribution in [1.82, 2.24) is 19.1 Å². The summed E-state index contributed by atoms with van der Waals surface area (Å²) < 4.78 is 12.1. The maximum atomic E-state index is 7.33. The van der Waals surface area contributed by atoms with Crippen molar-refractivity contribution in [3.8, 4) is 45.6 Å². The van der Waals surface area contributed by atoms with Crippen LogP contribution in [0.1, 0.15) is 22.3 Å². The van der Waals surface area contributed by atoms with E-state index in [2.05, 4.69) is 179 Å². The molecule has 58 heavy (non-hydrogen) atoms. The van der Waals surface area contributed by atoms with E-state index >= 15 is 0 Å². The fraction of sp³-hybridized carbons (Fsp3) is 0.0189. The van der Waals surface area contributed by atoms with E-state index in [0.29, 0.717) is 5.82 Å². The third-order valence-corrected chi connectivity index (χ3v) is 12.4. The lowest BCUT2D eigenvalue weighted by molar-refractivity contribution is 0.438. The predicted octanol–water partition coefficient (Wildman–Crippen LogP) is 12.8. The van der Waals surface area contributed by atoms with Gasteiger partial charge in [0, 0.05) is 49.9 Å². The molecule has 0 N–H and O–H groups in total. The van der Waals surface area contributed by atoms with Gasteiger partial charge in [-0.25, -0.2) is 9.97 Å². The van der Waals surface area contributed by atoms with E-state index in [1.165, 1.54) is 38.6 Å². The fourth-order valence-corrected chi connectivity index (χ4v) is 10.1. The molecule has 5 heterocycles. The Kier molecular flexibility index (Phi) is 6.31. The standard InChI is InChI=1S/C53H32N4O/c1-3-16-33(17-4-1)43-32-48(55-52(54-43)34-18-5-2-6-19-34)57-45-27-12-8-21-36(45)38-30-31-42-51(50(38)57)58-47-29-14-10-24-40(47)53(42)39-23-9-13-28-46(39)56-44-26-11-7-20-35(44)37-22-15-25-41(53)49(37)56/h1-32H. The van der Waals surface area contributed by atoms with Crippen LogP contribution < -0.4 is 4.74 Å². The predicted molar refractivity (Wildman–Crippen MR) is 234 cm³/mol. The molecular formula is C53H32N4O. The van der Waals surface area contributed by atoms with Gasteiger partial charge in [-0.15, -0.1) is 0 Å². The quantitative estimate of drug-likeness (QED) is 0.181. The normalized spacial score (nSPS) is 15.1. The lowest BCUT2D eigenvalue weighted by Gasteiger charge is -2.45. The Morgan fingerprint density at radius 3 is 1.81 bits per heavy atom. The molecule has 0 aliphatic carbocycles. The minimum Gasteiger partial charge on any atom is -0.454 e. The molecule has 1 unspecified atom stereocenters. The number of ether oxygens (including phenoxy) is 1. The molecule has 0 radical (unpaired) electrons. The van der Waals surface area contributed by atoms with E-state index in [0.717, 1.165) is 67.1 Å². The molecule has 0 saturated carbocycles. The van der Waals surface area contributed by atoms with Gasteiger partial charge < -0.3 is 9.30 Å². The lowest BCUT2D eigenvalue weighted by Crippen LogP contribution is -2.37. The number of fused-ring (bicyclic) bond motifs is 15. The second kappa shape index (κ2) is 11.6. The number of benzene rings is 8. The number of hydrogen-bond acceptors (Lipinski definition) is 3. The van der Waals surface area contributed by atoms with Gasteiger partial charge in [-0.1, -0.05) is 164 Å². The first-order chi connectivity index (χ1) is 28.8. The first-order valence-electron chi connectivity index (χ1n) is 19.8. The van der Waals surface area contributed by atoms with Crippen LogP contribution in [0, 0.1) is 0 Å². The number of nitrogens with zero attached hydrogens (tertiary/aromatic N) is 4. The summed E-state index contributed by atoms with van der Waals surface area (Å²) in [6.07, 6.45) is 0.